The molecule has 1 aromatic rings. The molecule has 12 nitrogen and oxygen atoms in total. The first kappa shape index (κ1) is 32.5. The van der Waals surface area contributed by atoms with Crippen molar-refractivity contribution < 1.29 is 34.2 Å². The Kier molecular flexibility index (Phi) is 14.6. The van der Waals surface area contributed by atoms with Gasteiger partial charge in [-0.2, -0.15) is 0 Å². The highest BCUT2D eigenvalue weighted by atomic mass is 16.4. The van der Waals surface area contributed by atoms with E-state index in [1.165, 1.54) is 0 Å². The largest absolute Gasteiger partial charge is 0.481 e. The van der Waals surface area contributed by atoms with E-state index >= 15 is 0 Å². The number of nitrogens with two attached hydrogens (primary N) is 2. The van der Waals surface area contributed by atoms with E-state index in [4.69, 9.17) is 16.6 Å². The fourth-order valence-electron chi connectivity index (χ4n) is 3.67. The van der Waals surface area contributed by atoms with Crippen LogP contribution in [-0.4, -0.2) is 70.6 Å². The molecular formula is C26H41N5O7. The summed E-state index contributed by atoms with van der Waals surface area (Å²) in [7, 11) is 0. The maximum Gasteiger partial charge on any atom is 0.326 e. The molecule has 0 saturated carbocycles. The fraction of sp³-hybridized carbons (Fsp3) is 0.577. The average molecular weight is 536 g/mol. The van der Waals surface area contributed by atoms with Crippen molar-refractivity contribution in [1.82, 2.24) is 16.0 Å². The number of carbonyl (C=O) groups excluding carboxylic acids is 3. The molecule has 3 amide bonds. The Balaban J connectivity index is 3.13. The van der Waals surface area contributed by atoms with Gasteiger partial charge in [0.1, 0.15) is 18.1 Å². The second-order valence-corrected chi connectivity index (χ2v) is 9.34. The number of hydrogen-bond donors (Lipinski definition) is 7. The summed E-state index contributed by atoms with van der Waals surface area (Å²) < 4.78 is 0. The number of benzene rings is 1. The number of nitrogens with one attached hydrogen (secondary N) is 3. The predicted octanol–water partition coefficient (Wildman–Crippen LogP) is 0.135. The van der Waals surface area contributed by atoms with Crippen LogP contribution in [-0.2, 0) is 30.4 Å². The molecule has 0 radical (unpaired) electrons. The van der Waals surface area contributed by atoms with E-state index < -0.39 is 60.2 Å². The maximum atomic E-state index is 13.3. The molecule has 38 heavy (non-hydrogen) atoms. The van der Waals surface area contributed by atoms with Gasteiger partial charge in [0.15, 0.2) is 0 Å². The van der Waals surface area contributed by atoms with Crippen LogP contribution >= 0.6 is 0 Å². The number of unbranched alkanes of at least 4 members (excludes halogenated alkanes) is 1. The minimum Gasteiger partial charge on any atom is -0.481 e. The number of carboxylic acids is 2. The topological polar surface area (TPSA) is 214 Å². The van der Waals surface area contributed by atoms with E-state index in [9.17, 15) is 29.1 Å². The Morgan fingerprint density at radius 1 is 0.842 bits per heavy atom. The molecule has 9 N–H and O–H groups in total. The van der Waals surface area contributed by atoms with E-state index in [1.807, 2.05) is 13.8 Å². The van der Waals surface area contributed by atoms with Gasteiger partial charge in [-0.3, -0.25) is 19.2 Å². The summed E-state index contributed by atoms with van der Waals surface area (Å²) in [6, 6.07) is 4.34. The zero-order valence-corrected chi connectivity index (χ0v) is 22.0. The van der Waals surface area contributed by atoms with Gasteiger partial charge in [-0.15, -0.1) is 0 Å². The van der Waals surface area contributed by atoms with Crippen molar-refractivity contribution in [1.29, 1.82) is 0 Å². The standard InChI is InChI=1S/C26H41N5O7/c1-3-16(2)22(28)25(36)29-18(11-7-8-14-27)23(34)31-20(15-17-9-5-4-6-10-17)24(35)30-19(26(37)38)12-13-21(32)33/h4-6,9-10,16,18-20,22H,3,7-8,11-15,27-28H2,1-2H3,(H,29,36)(H,30,35)(H,31,34)(H,32,33)(H,37,38). The third-order valence-corrected chi connectivity index (χ3v) is 6.32. The minimum atomic E-state index is -1.46. The van der Waals surface area contributed by atoms with Gasteiger partial charge < -0.3 is 37.6 Å². The molecule has 0 heterocycles. The van der Waals surface area contributed by atoms with Crippen LogP contribution < -0.4 is 27.4 Å². The molecule has 12 heteroatoms. The van der Waals surface area contributed by atoms with Crippen LogP contribution in [0.1, 0.15) is 57.9 Å². The lowest BCUT2D eigenvalue weighted by Crippen LogP contribution is -2.58. The molecule has 0 fully saturated rings. The van der Waals surface area contributed by atoms with Gasteiger partial charge in [-0.1, -0.05) is 50.6 Å². The van der Waals surface area contributed by atoms with Gasteiger partial charge in [0.2, 0.25) is 17.7 Å². The number of hydrogen-bond acceptors (Lipinski definition) is 7. The Morgan fingerprint density at radius 2 is 1.42 bits per heavy atom. The van der Waals surface area contributed by atoms with E-state index in [1.54, 1.807) is 30.3 Å². The van der Waals surface area contributed by atoms with Crippen LogP contribution in [0.2, 0.25) is 0 Å². The molecule has 0 saturated heterocycles. The van der Waals surface area contributed by atoms with E-state index in [0.29, 0.717) is 31.4 Å². The normalized spacial score (nSPS) is 14.8. The first-order valence-corrected chi connectivity index (χ1v) is 12.8. The van der Waals surface area contributed by atoms with Crippen LogP contribution in [0.5, 0.6) is 0 Å². The van der Waals surface area contributed by atoms with E-state index in [2.05, 4.69) is 16.0 Å². The van der Waals surface area contributed by atoms with Crippen molar-refractivity contribution in [3.63, 3.8) is 0 Å². The highest BCUT2D eigenvalue weighted by Gasteiger charge is 2.31. The number of rotatable bonds is 18. The maximum absolute atomic E-state index is 13.3. The van der Waals surface area contributed by atoms with Crippen molar-refractivity contribution in [2.75, 3.05) is 6.54 Å². The number of amides is 3. The quantitative estimate of drug-likeness (QED) is 0.127. The van der Waals surface area contributed by atoms with Crippen LogP contribution in [0.4, 0.5) is 0 Å². The van der Waals surface area contributed by atoms with Gasteiger partial charge in [-0.25, -0.2) is 4.79 Å². The summed E-state index contributed by atoms with van der Waals surface area (Å²) in [5, 5.41) is 26.0. The zero-order valence-electron chi connectivity index (χ0n) is 22.0. The Morgan fingerprint density at radius 3 is 1.97 bits per heavy atom. The van der Waals surface area contributed by atoms with Crippen LogP contribution in [0.15, 0.2) is 30.3 Å². The summed E-state index contributed by atoms with van der Waals surface area (Å²) in [4.78, 5) is 61.6. The molecule has 0 aromatic heterocycles. The van der Waals surface area contributed by atoms with Crippen molar-refractivity contribution in [3.05, 3.63) is 35.9 Å². The average Bonchev–Trinajstić information content (AvgIpc) is 2.89. The summed E-state index contributed by atoms with van der Waals surface area (Å²) in [6.07, 6.45) is 1.35. The van der Waals surface area contributed by atoms with Gasteiger partial charge in [-0.05, 0) is 43.7 Å². The lowest BCUT2D eigenvalue weighted by molar-refractivity contribution is -0.143. The first-order valence-electron chi connectivity index (χ1n) is 12.8. The number of aliphatic carboxylic acids is 2. The molecule has 1 aromatic carbocycles. The van der Waals surface area contributed by atoms with Crippen molar-refractivity contribution >= 4 is 29.7 Å². The minimum absolute atomic E-state index is 0.0412. The molecule has 0 aliphatic rings. The molecule has 5 atom stereocenters. The third kappa shape index (κ3) is 11.7. The third-order valence-electron chi connectivity index (χ3n) is 6.32. The predicted molar refractivity (Wildman–Crippen MR) is 141 cm³/mol. The number of carbonyl (C=O) groups is 5. The molecule has 1 rings (SSSR count). The van der Waals surface area contributed by atoms with Crippen LogP contribution in [0.3, 0.4) is 0 Å². The molecule has 0 aliphatic carbocycles. The summed E-state index contributed by atoms with van der Waals surface area (Å²) in [6.45, 7) is 4.13. The summed E-state index contributed by atoms with van der Waals surface area (Å²) in [5.41, 5.74) is 12.3. The van der Waals surface area contributed by atoms with Crippen molar-refractivity contribution in [2.24, 2.45) is 17.4 Å². The zero-order chi connectivity index (χ0) is 28.7. The Hall–Kier alpha value is -3.51. The lowest BCUT2D eigenvalue weighted by Gasteiger charge is -2.26. The monoisotopic (exact) mass is 535 g/mol. The summed E-state index contributed by atoms with van der Waals surface area (Å²) in [5.74, 6) is -4.61. The fourth-order valence-corrected chi connectivity index (χ4v) is 3.67. The van der Waals surface area contributed by atoms with Gasteiger partial charge in [0.05, 0.1) is 6.04 Å². The van der Waals surface area contributed by atoms with Crippen LogP contribution in [0.25, 0.3) is 0 Å². The van der Waals surface area contributed by atoms with Crippen molar-refractivity contribution in [2.45, 2.75) is 83.0 Å². The smallest absolute Gasteiger partial charge is 0.326 e. The molecule has 0 bridgehead atoms. The van der Waals surface area contributed by atoms with Crippen LogP contribution in [0, 0.1) is 5.92 Å². The lowest BCUT2D eigenvalue weighted by atomic mass is 9.98. The van der Waals surface area contributed by atoms with E-state index in [0.717, 1.165) is 0 Å². The molecular weight excluding hydrogens is 494 g/mol. The van der Waals surface area contributed by atoms with Crippen molar-refractivity contribution in [3.8, 4) is 0 Å². The molecule has 0 aliphatic heterocycles. The second kappa shape index (κ2) is 17.1. The summed E-state index contributed by atoms with van der Waals surface area (Å²) >= 11 is 0. The second-order valence-electron chi connectivity index (χ2n) is 9.34. The van der Waals surface area contributed by atoms with Gasteiger partial charge >= 0.3 is 11.9 Å². The number of carboxylic acid groups (broad SMARTS) is 2. The Labute approximate surface area is 222 Å². The first-order chi connectivity index (χ1) is 18.0. The molecule has 5 unspecified atom stereocenters. The molecule has 212 valence electrons. The highest BCUT2D eigenvalue weighted by Crippen LogP contribution is 2.10. The van der Waals surface area contributed by atoms with E-state index in [-0.39, 0.29) is 25.2 Å². The van der Waals surface area contributed by atoms with Gasteiger partial charge in [0, 0.05) is 12.8 Å². The SMILES string of the molecule is CCC(C)C(N)C(=O)NC(CCCCN)C(=O)NC(Cc1ccccc1)C(=O)NC(CCC(=O)O)C(=O)O. The Bertz CT molecular complexity index is 928. The van der Waals surface area contributed by atoms with Gasteiger partial charge in [0.25, 0.3) is 0 Å². The highest BCUT2D eigenvalue weighted by molar-refractivity contribution is 5.94. The molecule has 0 spiro atoms.